The van der Waals surface area contributed by atoms with Crippen molar-refractivity contribution >= 4 is 34.4 Å². The summed E-state index contributed by atoms with van der Waals surface area (Å²) >= 11 is 1.69. The number of halogens is 3. The lowest BCUT2D eigenvalue weighted by Gasteiger charge is -2.31. The minimum atomic E-state index is -4.42. The average molecular weight is 597 g/mol. The largest absolute Gasteiger partial charge is 0.416 e. The Morgan fingerprint density at radius 2 is 1.81 bits per heavy atom. The Kier molecular flexibility index (Phi) is 8.86. The van der Waals surface area contributed by atoms with Crippen molar-refractivity contribution in [2.45, 2.75) is 56.9 Å². The topological polar surface area (TPSA) is 69.5 Å². The van der Waals surface area contributed by atoms with Crippen LogP contribution in [0.5, 0.6) is 0 Å². The van der Waals surface area contributed by atoms with Gasteiger partial charge in [0.25, 0.3) is 5.91 Å². The molecule has 1 aromatic heterocycles. The van der Waals surface area contributed by atoms with Gasteiger partial charge in [0.05, 0.1) is 34.3 Å². The Bertz CT molecular complexity index is 1560. The lowest BCUT2D eigenvalue weighted by Crippen LogP contribution is -2.48. The van der Waals surface area contributed by atoms with E-state index in [1.54, 1.807) is 18.0 Å². The van der Waals surface area contributed by atoms with E-state index in [1.807, 2.05) is 49.5 Å². The standard InChI is InChI=1S/C32H35F3N4O2S/c1-4-23-19-39-20(2)42-38(3)28-16-24(15-26(23)30(28)39)31(41)37-27(14-21-9-6-5-7-10-21)29(40)18-36-17-22-11-8-12-25(13-22)32(33,34)35/h5-13,15-16,19-20,27,29,36,40H,4,14,17-18H2,1-3H3,(H,37,41)/t20?,27-,29+/m0/s1. The smallest absolute Gasteiger partial charge is 0.390 e. The molecule has 1 aliphatic heterocycles. The summed E-state index contributed by atoms with van der Waals surface area (Å²) in [7, 11) is 2.00. The van der Waals surface area contributed by atoms with E-state index in [0.29, 0.717) is 17.5 Å². The zero-order valence-corrected chi connectivity index (χ0v) is 24.6. The van der Waals surface area contributed by atoms with Crippen molar-refractivity contribution < 1.29 is 23.1 Å². The number of aliphatic hydroxyl groups is 1. The Labute approximate surface area is 248 Å². The first-order valence-electron chi connectivity index (χ1n) is 14.0. The van der Waals surface area contributed by atoms with Crippen LogP contribution in [-0.4, -0.2) is 41.3 Å². The van der Waals surface area contributed by atoms with Gasteiger partial charge in [-0.1, -0.05) is 55.5 Å². The van der Waals surface area contributed by atoms with Crippen LogP contribution in [-0.2, 0) is 25.6 Å². The van der Waals surface area contributed by atoms with Gasteiger partial charge in [0.1, 0.15) is 0 Å². The molecule has 42 heavy (non-hydrogen) atoms. The van der Waals surface area contributed by atoms with Gasteiger partial charge in [-0.25, -0.2) is 0 Å². The third-order valence-corrected chi connectivity index (χ3v) is 8.74. The van der Waals surface area contributed by atoms with Crippen LogP contribution >= 0.6 is 11.9 Å². The van der Waals surface area contributed by atoms with E-state index in [-0.39, 0.29) is 24.4 Å². The second-order valence-corrected chi connectivity index (χ2v) is 12.1. The first kappa shape index (κ1) is 30.0. The molecule has 1 aliphatic rings. The van der Waals surface area contributed by atoms with Crippen LogP contribution in [0.25, 0.3) is 10.9 Å². The molecule has 10 heteroatoms. The predicted octanol–water partition coefficient (Wildman–Crippen LogP) is 6.33. The highest BCUT2D eigenvalue weighted by Crippen LogP contribution is 2.44. The van der Waals surface area contributed by atoms with Crippen molar-refractivity contribution in [3.63, 3.8) is 0 Å². The molecule has 222 valence electrons. The van der Waals surface area contributed by atoms with Gasteiger partial charge in [0.15, 0.2) is 0 Å². The molecule has 0 saturated heterocycles. The predicted molar refractivity (Wildman–Crippen MR) is 163 cm³/mol. The lowest BCUT2D eigenvalue weighted by atomic mass is 9.99. The number of aryl methyl sites for hydroxylation is 1. The van der Waals surface area contributed by atoms with E-state index >= 15 is 0 Å². The number of nitrogens with zero attached hydrogens (tertiary/aromatic N) is 2. The number of aliphatic hydroxyl groups excluding tert-OH is 1. The van der Waals surface area contributed by atoms with E-state index in [4.69, 9.17) is 0 Å². The van der Waals surface area contributed by atoms with Gasteiger partial charge < -0.3 is 24.6 Å². The summed E-state index contributed by atoms with van der Waals surface area (Å²) in [6, 6.07) is 17.9. The number of alkyl halides is 3. The molecule has 0 spiro atoms. The summed E-state index contributed by atoms with van der Waals surface area (Å²) in [5.74, 6) is -0.294. The first-order valence-corrected chi connectivity index (χ1v) is 14.9. The van der Waals surface area contributed by atoms with E-state index in [2.05, 4.69) is 39.6 Å². The molecule has 3 aromatic carbocycles. The van der Waals surface area contributed by atoms with Crippen LogP contribution in [0.3, 0.4) is 0 Å². The Balaban J connectivity index is 1.35. The summed E-state index contributed by atoms with van der Waals surface area (Å²) < 4.78 is 43.7. The number of aromatic nitrogens is 1. The molecule has 3 N–H and O–H groups in total. The van der Waals surface area contributed by atoms with Crippen molar-refractivity contribution in [2.24, 2.45) is 0 Å². The molecule has 3 atom stereocenters. The number of rotatable bonds is 10. The Hall–Kier alpha value is -3.47. The summed E-state index contributed by atoms with van der Waals surface area (Å²) in [6.07, 6.45) is -2.03. The van der Waals surface area contributed by atoms with E-state index in [1.165, 1.54) is 11.6 Å². The average Bonchev–Trinajstić information content (AvgIpc) is 3.35. The number of hydrogen-bond donors (Lipinski definition) is 3. The minimum absolute atomic E-state index is 0.0818. The van der Waals surface area contributed by atoms with Crippen molar-refractivity contribution in [1.29, 1.82) is 0 Å². The van der Waals surface area contributed by atoms with Gasteiger partial charge in [-0.3, -0.25) is 4.79 Å². The molecule has 5 rings (SSSR count). The molecule has 2 heterocycles. The lowest BCUT2D eigenvalue weighted by molar-refractivity contribution is -0.137. The Morgan fingerprint density at radius 3 is 2.52 bits per heavy atom. The van der Waals surface area contributed by atoms with Gasteiger partial charge in [-0.05, 0) is 66.6 Å². The summed E-state index contributed by atoms with van der Waals surface area (Å²) in [5, 5.41) is 18.6. The fourth-order valence-corrected chi connectivity index (χ4v) is 6.46. The van der Waals surface area contributed by atoms with Gasteiger partial charge >= 0.3 is 6.18 Å². The zero-order chi connectivity index (χ0) is 30.0. The fourth-order valence-electron chi connectivity index (χ4n) is 5.48. The maximum Gasteiger partial charge on any atom is 0.416 e. The molecule has 4 aromatic rings. The number of hydrogen-bond acceptors (Lipinski definition) is 5. The quantitative estimate of drug-likeness (QED) is 0.187. The SMILES string of the molecule is CCc1cn2c3c(cc(C(=O)N[C@@H](Cc4ccccc4)[C@H](O)CNCc4cccc(C(F)(F)F)c4)cc13)N(C)SC2C. The third kappa shape index (κ3) is 6.45. The molecule has 0 bridgehead atoms. The van der Waals surface area contributed by atoms with Crippen LogP contribution < -0.4 is 14.9 Å². The van der Waals surface area contributed by atoms with Crippen LogP contribution in [0.2, 0.25) is 0 Å². The van der Waals surface area contributed by atoms with Gasteiger partial charge in [-0.2, -0.15) is 13.2 Å². The number of carbonyl (C=O) groups is 1. The molecule has 1 unspecified atom stereocenters. The van der Waals surface area contributed by atoms with E-state index in [9.17, 15) is 23.1 Å². The summed E-state index contributed by atoms with van der Waals surface area (Å²) in [6.45, 7) is 4.48. The Morgan fingerprint density at radius 1 is 1.07 bits per heavy atom. The molecule has 0 aliphatic carbocycles. The molecule has 6 nitrogen and oxygen atoms in total. The van der Waals surface area contributed by atoms with Gasteiger partial charge in [0.2, 0.25) is 0 Å². The number of nitrogens with one attached hydrogen (secondary N) is 2. The highest BCUT2D eigenvalue weighted by Gasteiger charge is 2.31. The van der Waals surface area contributed by atoms with Crippen molar-refractivity contribution in [2.75, 3.05) is 17.9 Å². The van der Waals surface area contributed by atoms with Crippen LogP contribution in [0.1, 0.15) is 51.8 Å². The van der Waals surface area contributed by atoms with Crippen LogP contribution in [0.4, 0.5) is 18.9 Å². The fraction of sp³-hybridized carbons (Fsp3) is 0.344. The van der Waals surface area contributed by atoms with Crippen molar-refractivity contribution in [3.05, 3.63) is 101 Å². The number of anilines is 1. The van der Waals surface area contributed by atoms with E-state index in [0.717, 1.165) is 40.7 Å². The maximum absolute atomic E-state index is 13.7. The molecular formula is C32H35F3N4O2S. The minimum Gasteiger partial charge on any atom is -0.390 e. The highest BCUT2D eigenvalue weighted by atomic mass is 32.2. The second-order valence-electron chi connectivity index (χ2n) is 10.7. The van der Waals surface area contributed by atoms with Gasteiger partial charge in [0, 0.05) is 37.3 Å². The van der Waals surface area contributed by atoms with Crippen molar-refractivity contribution in [1.82, 2.24) is 15.2 Å². The van der Waals surface area contributed by atoms with Crippen molar-refractivity contribution in [3.8, 4) is 0 Å². The molecule has 1 amide bonds. The molecule has 0 saturated carbocycles. The first-order chi connectivity index (χ1) is 20.0. The molecule has 0 fully saturated rings. The molecule has 0 radical (unpaired) electrons. The monoisotopic (exact) mass is 596 g/mol. The maximum atomic E-state index is 13.7. The summed E-state index contributed by atoms with van der Waals surface area (Å²) in [4.78, 5) is 13.7. The van der Waals surface area contributed by atoms with E-state index < -0.39 is 23.9 Å². The van der Waals surface area contributed by atoms with Gasteiger partial charge in [-0.15, -0.1) is 0 Å². The number of benzene rings is 3. The third-order valence-electron chi connectivity index (χ3n) is 7.69. The number of carbonyl (C=O) groups excluding carboxylic acids is 1. The highest BCUT2D eigenvalue weighted by molar-refractivity contribution is 8.00. The van der Waals surface area contributed by atoms with Crippen LogP contribution in [0, 0.1) is 0 Å². The normalized spacial score (nSPS) is 16.5. The zero-order valence-electron chi connectivity index (χ0n) is 23.8. The molecular weight excluding hydrogens is 561 g/mol. The number of amides is 1. The van der Waals surface area contributed by atoms with Crippen LogP contribution in [0.15, 0.2) is 72.9 Å². The summed E-state index contributed by atoms with van der Waals surface area (Å²) in [5.41, 5.74) is 4.43. The second kappa shape index (κ2) is 12.4.